The van der Waals surface area contributed by atoms with Gasteiger partial charge in [-0.15, -0.1) is 0 Å². The van der Waals surface area contributed by atoms with Crippen molar-refractivity contribution in [1.82, 2.24) is 8.61 Å². The fraction of sp³-hybridized carbons (Fsp3) is 0.409. The number of sulfonamides is 1. The van der Waals surface area contributed by atoms with Gasteiger partial charge in [-0.25, -0.2) is 33.8 Å². The van der Waals surface area contributed by atoms with Crippen LogP contribution in [0.15, 0.2) is 68.1 Å². The predicted octanol–water partition coefficient (Wildman–Crippen LogP) is 0.845. The number of hydrogen-bond donors (Lipinski definition) is 0. The number of rotatable bonds is 6. The van der Waals surface area contributed by atoms with Gasteiger partial charge in [0.2, 0.25) is 10.0 Å². The lowest BCUT2D eigenvalue weighted by Gasteiger charge is -2.42. The van der Waals surface area contributed by atoms with Crippen LogP contribution in [-0.2, 0) is 50.2 Å². The lowest BCUT2D eigenvalue weighted by Crippen LogP contribution is -2.54. The lowest BCUT2D eigenvalue weighted by molar-refractivity contribution is -0.0980. The van der Waals surface area contributed by atoms with E-state index >= 15 is 0 Å². The van der Waals surface area contributed by atoms with E-state index in [-0.39, 0.29) is 27.8 Å². The molecule has 0 amide bonds. The van der Waals surface area contributed by atoms with Gasteiger partial charge >= 0.3 is 0 Å². The molecule has 2 fully saturated rings. The minimum Gasteiger partial charge on any atom is -0.358 e. The number of benzene rings is 2. The maximum Gasteiger partial charge on any atom is 0.245 e. The molecular formula is C22H28N2O9S4. The summed E-state index contributed by atoms with van der Waals surface area (Å²) in [5.41, 5.74) is -1.07. The first-order chi connectivity index (χ1) is 17.2. The van der Waals surface area contributed by atoms with Gasteiger partial charge in [-0.1, -0.05) is 0 Å². The highest BCUT2D eigenvalue weighted by molar-refractivity contribution is 7.91. The van der Waals surface area contributed by atoms with Crippen molar-refractivity contribution in [1.29, 1.82) is 0 Å². The summed E-state index contributed by atoms with van der Waals surface area (Å²) in [6.07, 6.45) is 2.74. The third-order valence-corrected chi connectivity index (χ3v) is 11.9. The Morgan fingerprint density at radius 3 is 1.65 bits per heavy atom. The molecule has 0 aromatic heterocycles. The molecule has 1 atom stereocenters. The van der Waals surface area contributed by atoms with Crippen LogP contribution in [-0.4, -0.2) is 89.3 Å². The molecule has 0 saturated carbocycles. The maximum atomic E-state index is 13.4. The summed E-state index contributed by atoms with van der Waals surface area (Å²) in [5, 5.41) is 0. The van der Waals surface area contributed by atoms with Crippen LogP contribution >= 0.6 is 0 Å². The fourth-order valence-corrected chi connectivity index (χ4v) is 8.43. The second-order valence-electron chi connectivity index (χ2n) is 8.54. The zero-order valence-corrected chi connectivity index (χ0v) is 23.5. The molecular weight excluding hydrogens is 565 g/mol. The van der Waals surface area contributed by atoms with E-state index in [0.717, 1.165) is 12.5 Å². The van der Waals surface area contributed by atoms with Crippen LogP contribution in [0.5, 0.6) is 0 Å². The highest BCUT2D eigenvalue weighted by Gasteiger charge is 2.51. The van der Waals surface area contributed by atoms with E-state index in [1.165, 1.54) is 52.8 Å². The number of hydrogen-bond acceptors (Lipinski definition) is 9. The smallest absolute Gasteiger partial charge is 0.245 e. The van der Waals surface area contributed by atoms with Gasteiger partial charge in [0.25, 0.3) is 0 Å². The Morgan fingerprint density at radius 1 is 0.757 bits per heavy atom. The lowest BCUT2D eigenvalue weighted by atomic mass is 10.0. The minimum absolute atomic E-state index is 0.0215. The highest BCUT2D eigenvalue weighted by Crippen LogP contribution is 2.39. The molecule has 0 radical (unpaired) electrons. The first-order valence-corrected chi connectivity index (χ1v) is 17.3. The summed E-state index contributed by atoms with van der Waals surface area (Å²) in [5.74, 6) is 0. The van der Waals surface area contributed by atoms with E-state index in [4.69, 9.17) is 9.53 Å². The normalized spacial score (nSPS) is 19.7. The van der Waals surface area contributed by atoms with Gasteiger partial charge in [0.15, 0.2) is 19.7 Å². The molecule has 2 saturated heterocycles. The van der Waals surface area contributed by atoms with Crippen molar-refractivity contribution in [2.75, 3.05) is 38.8 Å². The fourth-order valence-electron chi connectivity index (χ4n) is 4.27. The molecule has 2 aliphatic rings. The molecule has 2 aromatic carbocycles. The number of carbonyl (C=O) groups excluding carboxylic acids is 1. The van der Waals surface area contributed by atoms with E-state index in [0.29, 0.717) is 30.8 Å². The average Bonchev–Trinajstić information content (AvgIpc) is 3.28. The molecule has 0 N–H and O–H groups in total. The molecule has 204 valence electrons. The van der Waals surface area contributed by atoms with Crippen molar-refractivity contribution >= 4 is 47.5 Å². The molecule has 11 nitrogen and oxygen atoms in total. The van der Waals surface area contributed by atoms with Gasteiger partial charge < -0.3 is 9.53 Å². The van der Waals surface area contributed by atoms with Crippen LogP contribution < -0.4 is 0 Å². The molecule has 0 aliphatic carbocycles. The zero-order chi connectivity index (χ0) is 27.6. The highest BCUT2D eigenvalue weighted by atomic mass is 32.2. The van der Waals surface area contributed by atoms with Gasteiger partial charge in [0.1, 0.15) is 23.5 Å². The molecule has 2 aromatic rings. The summed E-state index contributed by atoms with van der Waals surface area (Å²) in [7, 11) is -12.3. The van der Waals surface area contributed by atoms with E-state index in [9.17, 15) is 29.5 Å². The summed E-state index contributed by atoms with van der Waals surface area (Å²) < 4.78 is 95.5. The summed E-state index contributed by atoms with van der Waals surface area (Å²) in [6, 6.07) is 11.0. The van der Waals surface area contributed by atoms with E-state index in [1.807, 2.05) is 6.79 Å². The molecule has 15 heteroatoms. The van der Waals surface area contributed by atoms with Crippen molar-refractivity contribution in [3.63, 3.8) is 0 Å². The van der Waals surface area contributed by atoms with Crippen LogP contribution in [0.2, 0.25) is 0 Å². The topological polar surface area (TPSA) is 152 Å². The van der Waals surface area contributed by atoms with E-state index in [2.05, 4.69) is 0 Å². The SMILES string of the molecule is C=O.CS(=O)(=O)c1ccc(S(=O)N2CCC3(CC2)OCCN3S(=O)(=O)c2ccc(S(C)(=O)=O)cc2)cc1. The number of nitrogens with zero attached hydrogens (tertiary/aromatic N) is 2. The standard InChI is InChI=1S/C21H26N2O8S4.CH2O/c1-33(25,26)18-5-3-17(4-6-18)32(24)22-13-11-21(12-14-22)23(15-16-31-21)35(29,30)20-9-7-19(8-10-20)34(2,27)28;1-2/h3-10H,11-16H2,1-2H3;1H2. The third kappa shape index (κ3) is 6.19. The Hall–Kier alpha value is -2.01. The third-order valence-electron chi connectivity index (χ3n) is 6.15. The van der Waals surface area contributed by atoms with Crippen molar-refractivity contribution in [2.24, 2.45) is 0 Å². The molecule has 1 spiro atoms. The second kappa shape index (κ2) is 11.0. The van der Waals surface area contributed by atoms with E-state index in [1.54, 1.807) is 4.31 Å². The largest absolute Gasteiger partial charge is 0.358 e. The number of ether oxygens (including phenoxy) is 1. The molecule has 2 aliphatic heterocycles. The maximum absolute atomic E-state index is 13.4. The van der Waals surface area contributed by atoms with Gasteiger partial charge in [-0.2, -0.15) is 4.31 Å². The van der Waals surface area contributed by atoms with Crippen molar-refractivity contribution < 1.29 is 39.0 Å². The van der Waals surface area contributed by atoms with Crippen LogP contribution in [0.25, 0.3) is 0 Å². The Bertz CT molecular complexity index is 1460. The van der Waals surface area contributed by atoms with Crippen molar-refractivity contribution in [2.45, 2.75) is 38.1 Å². The number of piperidine rings is 1. The van der Waals surface area contributed by atoms with E-state index < -0.39 is 46.4 Å². The number of carbonyl (C=O) groups is 1. The first-order valence-electron chi connectivity index (χ1n) is 11.0. The zero-order valence-electron chi connectivity index (χ0n) is 20.3. The van der Waals surface area contributed by atoms with Crippen LogP contribution in [0.1, 0.15) is 12.8 Å². The number of sulfone groups is 2. The molecule has 2 heterocycles. The Balaban J connectivity index is 0.00000186. The van der Waals surface area contributed by atoms with Gasteiger partial charge in [0, 0.05) is 45.0 Å². The van der Waals surface area contributed by atoms with Crippen LogP contribution in [0.4, 0.5) is 0 Å². The molecule has 1 unspecified atom stereocenters. The minimum atomic E-state index is -3.96. The van der Waals surface area contributed by atoms with Crippen LogP contribution in [0.3, 0.4) is 0 Å². The summed E-state index contributed by atoms with van der Waals surface area (Å²) in [6.45, 7) is 2.99. The second-order valence-corrected chi connectivity index (χ2v) is 15.9. The van der Waals surface area contributed by atoms with Crippen molar-refractivity contribution in [3.8, 4) is 0 Å². The average molecular weight is 593 g/mol. The quantitative estimate of drug-likeness (QED) is 0.475. The Morgan fingerprint density at radius 2 is 1.19 bits per heavy atom. The Kier molecular flexibility index (Phi) is 8.78. The molecule has 4 rings (SSSR count). The monoisotopic (exact) mass is 592 g/mol. The predicted molar refractivity (Wildman–Crippen MR) is 136 cm³/mol. The summed E-state index contributed by atoms with van der Waals surface area (Å²) >= 11 is 0. The van der Waals surface area contributed by atoms with Gasteiger partial charge in [0.05, 0.1) is 26.2 Å². The summed E-state index contributed by atoms with van der Waals surface area (Å²) in [4.78, 5) is 8.60. The molecule has 0 bridgehead atoms. The van der Waals surface area contributed by atoms with Gasteiger partial charge in [-0.3, -0.25) is 0 Å². The molecule has 37 heavy (non-hydrogen) atoms. The van der Waals surface area contributed by atoms with Crippen LogP contribution in [0, 0.1) is 0 Å². The first kappa shape index (κ1) is 29.5. The Labute approximate surface area is 219 Å². The van der Waals surface area contributed by atoms with Gasteiger partial charge in [-0.05, 0) is 48.5 Å². The van der Waals surface area contributed by atoms with Crippen molar-refractivity contribution in [3.05, 3.63) is 48.5 Å².